The summed E-state index contributed by atoms with van der Waals surface area (Å²) in [5, 5.41) is 23.4. The van der Waals surface area contributed by atoms with E-state index in [1.165, 1.54) is 30.3 Å². The van der Waals surface area contributed by atoms with Gasteiger partial charge < -0.3 is 4.74 Å². The quantitative estimate of drug-likeness (QED) is 0.228. The van der Waals surface area contributed by atoms with Crippen LogP contribution in [0.5, 0.6) is 11.5 Å². The fourth-order valence-electron chi connectivity index (χ4n) is 2.53. The molecule has 0 aliphatic rings. The van der Waals surface area contributed by atoms with Crippen LogP contribution in [0.15, 0.2) is 57.5 Å². The minimum Gasteiger partial charge on any atom is -0.449 e. The van der Waals surface area contributed by atoms with E-state index in [1.54, 1.807) is 18.2 Å². The number of nitro groups is 2. The number of hydrogen-bond donors (Lipinski definition) is 2. The highest BCUT2D eigenvalue weighted by Crippen LogP contribution is 2.43. The molecular weight excluding hydrogens is 566 g/mol. The highest BCUT2D eigenvalue weighted by molar-refractivity contribution is 9.10. The summed E-state index contributed by atoms with van der Waals surface area (Å²) in [6, 6.07) is 11.6. The van der Waals surface area contributed by atoms with E-state index in [2.05, 4.69) is 42.7 Å². The Morgan fingerprint density at radius 2 is 1.48 bits per heavy atom. The van der Waals surface area contributed by atoms with Crippen molar-refractivity contribution >= 4 is 66.2 Å². The molecule has 3 aromatic rings. The molecule has 3 aromatic carbocycles. The smallest absolute Gasteiger partial charge is 0.337 e. The van der Waals surface area contributed by atoms with Crippen molar-refractivity contribution in [3.63, 3.8) is 0 Å². The van der Waals surface area contributed by atoms with Crippen LogP contribution in [-0.2, 0) is 0 Å². The van der Waals surface area contributed by atoms with Crippen molar-refractivity contribution in [3.8, 4) is 11.5 Å². The van der Waals surface area contributed by atoms with Crippen molar-refractivity contribution in [2.24, 2.45) is 0 Å². The molecule has 9 nitrogen and oxygen atoms in total. The maximum atomic E-state index is 14.1. The molecule has 0 bridgehead atoms. The van der Waals surface area contributed by atoms with Crippen molar-refractivity contribution in [2.75, 3.05) is 10.9 Å². The highest BCUT2D eigenvalue weighted by atomic mass is 79.9. The number of nitrogens with zero attached hydrogens (tertiary/aromatic N) is 2. The molecule has 0 unspecified atom stereocenters. The van der Waals surface area contributed by atoms with Crippen LogP contribution in [0.2, 0.25) is 5.02 Å². The van der Waals surface area contributed by atoms with Crippen molar-refractivity contribution in [1.82, 2.24) is 0 Å². The maximum Gasteiger partial charge on any atom is 0.337 e. The van der Waals surface area contributed by atoms with Crippen LogP contribution in [0.4, 0.5) is 27.1 Å². The van der Waals surface area contributed by atoms with E-state index in [0.717, 1.165) is 0 Å². The van der Waals surface area contributed by atoms with Crippen LogP contribution in [0.1, 0.15) is 0 Å². The number of halogens is 4. The summed E-state index contributed by atoms with van der Waals surface area (Å²) >= 11 is 12.0. The van der Waals surface area contributed by atoms with Gasteiger partial charge in [0.25, 0.3) is 0 Å². The summed E-state index contributed by atoms with van der Waals surface area (Å²) in [5.74, 6) is -0.963. The number of hydrogen-bond acceptors (Lipinski definition) is 7. The first-order chi connectivity index (χ1) is 14.7. The van der Waals surface area contributed by atoms with Crippen LogP contribution >= 0.6 is 43.5 Å². The summed E-state index contributed by atoms with van der Waals surface area (Å²) in [5.41, 5.74) is 3.33. The Bertz CT molecular complexity index is 1200. The van der Waals surface area contributed by atoms with Gasteiger partial charge in [-0.1, -0.05) is 17.7 Å². The van der Waals surface area contributed by atoms with Gasteiger partial charge in [0.1, 0.15) is 17.1 Å². The van der Waals surface area contributed by atoms with Gasteiger partial charge in [0.15, 0.2) is 0 Å². The first-order valence-electron chi connectivity index (χ1n) is 8.23. The van der Waals surface area contributed by atoms with Crippen LogP contribution in [-0.4, -0.2) is 9.85 Å². The second kappa shape index (κ2) is 9.45. The standard InChI is InChI=1S/C18H10Br2ClFN4O5/c19-11-4-6-13(16(15(11)22)25(27)28)23-24-14-7-5-12(20)18(17(14)26(29)30)31-10-3-1-2-9(21)8-10/h1-8,23-24H. The third-order valence-electron chi connectivity index (χ3n) is 3.87. The molecule has 0 radical (unpaired) electrons. The molecule has 31 heavy (non-hydrogen) atoms. The minimum atomic E-state index is -1.09. The number of nitro benzene ring substituents is 2. The number of rotatable bonds is 7. The molecule has 160 valence electrons. The largest absolute Gasteiger partial charge is 0.449 e. The molecule has 0 fully saturated rings. The van der Waals surface area contributed by atoms with E-state index in [1.807, 2.05) is 0 Å². The monoisotopic (exact) mass is 574 g/mol. The van der Waals surface area contributed by atoms with Crippen molar-refractivity contribution in [3.05, 3.63) is 88.5 Å². The lowest BCUT2D eigenvalue weighted by Crippen LogP contribution is -2.13. The number of hydrazine groups is 1. The van der Waals surface area contributed by atoms with Gasteiger partial charge in [-0.3, -0.25) is 31.1 Å². The molecule has 0 heterocycles. The fourth-order valence-corrected chi connectivity index (χ4v) is 3.43. The third kappa shape index (κ3) is 5.03. The second-order valence-corrected chi connectivity index (χ2v) is 8.00. The summed E-state index contributed by atoms with van der Waals surface area (Å²) in [4.78, 5) is 21.4. The number of benzene rings is 3. The molecular formula is C18H10Br2ClFN4O5. The minimum absolute atomic E-state index is 0.0807. The van der Waals surface area contributed by atoms with Crippen LogP contribution < -0.4 is 15.6 Å². The molecule has 0 spiro atoms. The van der Waals surface area contributed by atoms with Crippen LogP contribution in [0.25, 0.3) is 0 Å². The van der Waals surface area contributed by atoms with Gasteiger partial charge in [-0.15, -0.1) is 0 Å². The third-order valence-corrected chi connectivity index (χ3v) is 5.34. The first kappa shape index (κ1) is 22.7. The molecule has 0 amide bonds. The van der Waals surface area contributed by atoms with E-state index in [0.29, 0.717) is 5.02 Å². The normalized spacial score (nSPS) is 10.5. The Balaban J connectivity index is 1.99. The zero-order chi connectivity index (χ0) is 22.7. The number of nitrogens with one attached hydrogen (secondary N) is 2. The Hall–Kier alpha value is -2.96. The summed E-state index contributed by atoms with van der Waals surface area (Å²) in [7, 11) is 0. The van der Waals surface area contributed by atoms with E-state index < -0.39 is 27.0 Å². The molecule has 0 atom stereocenters. The first-order valence-corrected chi connectivity index (χ1v) is 10.2. The molecule has 0 aliphatic carbocycles. The molecule has 0 aromatic heterocycles. The van der Waals surface area contributed by atoms with Crippen LogP contribution in [0, 0.1) is 26.0 Å². The van der Waals surface area contributed by atoms with Gasteiger partial charge in [-0.25, -0.2) is 0 Å². The van der Waals surface area contributed by atoms with Gasteiger partial charge in [0.2, 0.25) is 11.6 Å². The van der Waals surface area contributed by atoms with E-state index in [-0.39, 0.29) is 31.8 Å². The zero-order valence-corrected chi connectivity index (χ0v) is 19.0. The Labute approximate surface area is 195 Å². The van der Waals surface area contributed by atoms with Gasteiger partial charge in [0, 0.05) is 5.02 Å². The van der Waals surface area contributed by atoms with Crippen molar-refractivity contribution < 1.29 is 19.0 Å². The molecule has 0 aliphatic heterocycles. The van der Waals surface area contributed by atoms with Gasteiger partial charge >= 0.3 is 11.4 Å². The summed E-state index contributed by atoms with van der Waals surface area (Å²) in [6.45, 7) is 0. The number of ether oxygens (including phenoxy) is 1. The molecule has 2 N–H and O–H groups in total. The Morgan fingerprint density at radius 1 is 0.903 bits per heavy atom. The molecule has 3 rings (SSSR count). The van der Waals surface area contributed by atoms with Gasteiger partial charge in [-0.2, -0.15) is 4.39 Å². The second-order valence-electron chi connectivity index (χ2n) is 5.85. The average molecular weight is 577 g/mol. The van der Waals surface area contributed by atoms with Crippen LogP contribution in [0.3, 0.4) is 0 Å². The van der Waals surface area contributed by atoms with Crippen molar-refractivity contribution in [1.29, 1.82) is 0 Å². The van der Waals surface area contributed by atoms with E-state index >= 15 is 0 Å². The highest BCUT2D eigenvalue weighted by Gasteiger charge is 2.27. The average Bonchev–Trinajstić information content (AvgIpc) is 2.70. The SMILES string of the molecule is O=[N+]([O-])c1c(NNc2ccc(Br)c(Oc3cccc(Cl)c3)c2[N+](=O)[O-])ccc(Br)c1F. The van der Waals surface area contributed by atoms with Gasteiger partial charge in [0.05, 0.1) is 18.8 Å². The summed E-state index contributed by atoms with van der Waals surface area (Å²) < 4.78 is 20.0. The topological polar surface area (TPSA) is 120 Å². The number of anilines is 2. The summed E-state index contributed by atoms with van der Waals surface area (Å²) in [6.07, 6.45) is 0. The molecule has 0 saturated heterocycles. The predicted molar refractivity (Wildman–Crippen MR) is 120 cm³/mol. The zero-order valence-electron chi connectivity index (χ0n) is 15.1. The maximum absolute atomic E-state index is 14.1. The molecule has 0 saturated carbocycles. The lowest BCUT2D eigenvalue weighted by atomic mass is 10.2. The Morgan fingerprint density at radius 3 is 2.06 bits per heavy atom. The lowest BCUT2D eigenvalue weighted by molar-refractivity contribution is -0.386. The fraction of sp³-hybridized carbons (Fsp3) is 0. The van der Waals surface area contributed by atoms with Gasteiger partial charge in [-0.05, 0) is 74.3 Å². The molecule has 13 heteroatoms. The lowest BCUT2D eigenvalue weighted by Gasteiger charge is -2.14. The Kier molecular flexibility index (Phi) is 6.93. The van der Waals surface area contributed by atoms with E-state index in [9.17, 15) is 24.6 Å². The predicted octanol–water partition coefficient (Wildman–Crippen LogP) is 7.05. The van der Waals surface area contributed by atoms with Crippen molar-refractivity contribution in [2.45, 2.75) is 0 Å². The van der Waals surface area contributed by atoms with E-state index in [4.69, 9.17) is 16.3 Å².